The van der Waals surface area contributed by atoms with E-state index in [4.69, 9.17) is 0 Å². The third kappa shape index (κ3) is 3.21. The summed E-state index contributed by atoms with van der Waals surface area (Å²) in [6.07, 6.45) is 7.84. The molecule has 3 rings (SSSR count). The fourth-order valence-corrected chi connectivity index (χ4v) is 3.19. The van der Waals surface area contributed by atoms with Crippen LogP contribution in [-0.2, 0) is 13.0 Å². The van der Waals surface area contributed by atoms with Gasteiger partial charge in [-0.1, -0.05) is 30.3 Å². The second kappa shape index (κ2) is 6.77. The molecule has 1 aromatic carbocycles. The SMILES string of the molecule is CCn1cc(C(=O)N2CCCC2CCc2ccccc2)cn1. The second-order valence-electron chi connectivity index (χ2n) is 5.90. The van der Waals surface area contributed by atoms with Crippen molar-refractivity contribution in [1.29, 1.82) is 0 Å². The lowest BCUT2D eigenvalue weighted by molar-refractivity contribution is 0.0730. The number of likely N-dealkylation sites (tertiary alicyclic amines) is 1. The Hall–Kier alpha value is -2.10. The summed E-state index contributed by atoms with van der Waals surface area (Å²) in [7, 11) is 0. The predicted octanol–water partition coefficient (Wildman–Crippen LogP) is 3.14. The zero-order valence-corrected chi connectivity index (χ0v) is 13.1. The van der Waals surface area contributed by atoms with E-state index in [-0.39, 0.29) is 5.91 Å². The standard InChI is InChI=1S/C18H23N3O/c1-2-20-14-16(13-19-20)18(22)21-12-6-9-17(21)11-10-15-7-4-3-5-8-15/h3-5,7-8,13-14,17H,2,6,9-12H2,1H3. The first-order chi connectivity index (χ1) is 10.8. The summed E-state index contributed by atoms with van der Waals surface area (Å²) in [6, 6.07) is 10.9. The van der Waals surface area contributed by atoms with Crippen molar-refractivity contribution in [1.82, 2.24) is 14.7 Å². The van der Waals surface area contributed by atoms with Crippen LogP contribution in [0.15, 0.2) is 42.7 Å². The molecule has 1 aromatic heterocycles. The van der Waals surface area contributed by atoms with Crippen LogP contribution in [0, 0.1) is 0 Å². The molecule has 1 saturated heterocycles. The Morgan fingerprint density at radius 1 is 1.32 bits per heavy atom. The van der Waals surface area contributed by atoms with Crippen molar-refractivity contribution < 1.29 is 4.79 Å². The lowest BCUT2D eigenvalue weighted by Gasteiger charge is -2.24. The minimum Gasteiger partial charge on any atom is -0.336 e. The maximum atomic E-state index is 12.7. The highest BCUT2D eigenvalue weighted by atomic mass is 16.2. The van der Waals surface area contributed by atoms with Gasteiger partial charge in [-0.3, -0.25) is 9.48 Å². The first-order valence-corrected chi connectivity index (χ1v) is 8.15. The van der Waals surface area contributed by atoms with E-state index in [1.54, 1.807) is 6.20 Å². The molecule has 0 N–H and O–H groups in total. The van der Waals surface area contributed by atoms with Gasteiger partial charge in [0.1, 0.15) is 0 Å². The average Bonchev–Trinajstić information content (AvgIpc) is 3.22. The van der Waals surface area contributed by atoms with E-state index in [1.807, 2.05) is 28.8 Å². The molecule has 2 heterocycles. The molecule has 1 atom stereocenters. The molecule has 1 amide bonds. The van der Waals surface area contributed by atoms with Crippen LogP contribution in [0.4, 0.5) is 0 Å². The van der Waals surface area contributed by atoms with E-state index < -0.39 is 0 Å². The number of aryl methyl sites for hydroxylation is 2. The van der Waals surface area contributed by atoms with Crippen LogP contribution in [0.3, 0.4) is 0 Å². The van der Waals surface area contributed by atoms with Gasteiger partial charge in [0, 0.05) is 25.3 Å². The minimum atomic E-state index is 0.135. The molecule has 4 nitrogen and oxygen atoms in total. The van der Waals surface area contributed by atoms with Crippen molar-refractivity contribution in [2.75, 3.05) is 6.54 Å². The molecule has 1 aliphatic rings. The van der Waals surface area contributed by atoms with Gasteiger partial charge < -0.3 is 4.90 Å². The predicted molar refractivity (Wildman–Crippen MR) is 86.7 cm³/mol. The summed E-state index contributed by atoms with van der Waals surface area (Å²) in [5, 5.41) is 4.21. The fourth-order valence-electron chi connectivity index (χ4n) is 3.19. The molecular formula is C18H23N3O. The van der Waals surface area contributed by atoms with Crippen molar-refractivity contribution in [3.8, 4) is 0 Å². The monoisotopic (exact) mass is 297 g/mol. The zero-order chi connectivity index (χ0) is 15.4. The lowest BCUT2D eigenvalue weighted by atomic mass is 10.0. The fraction of sp³-hybridized carbons (Fsp3) is 0.444. The molecule has 1 aliphatic heterocycles. The summed E-state index contributed by atoms with van der Waals surface area (Å²) >= 11 is 0. The maximum Gasteiger partial charge on any atom is 0.257 e. The molecule has 0 bridgehead atoms. The molecule has 0 saturated carbocycles. The summed E-state index contributed by atoms with van der Waals surface area (Å²) in [6.45, 7) is 3.69. The van der Waals surface area contributed by atoms with Crippen LogP contribution in [0.1, 0.15) is 42.1 Å². The Balaban J connectivity index is 1.63. The van der Waals surface area contributed by atoms with Crippen molar-refractivity contribution in [3.63, 3.8) is 0 Å². The first-order valence-electron chi connectivity index (χ1n) is 8.15. The van der Waals surface area contributed by atoms with Gasteiger partial charge in [0.05, 0.1) is 11.8 Å². The number of nitrogens with zero attached hydrogens (tertiary/aromatic N) is 3. The van der Waals surface area contributed by atoms with Gasteiger partial charge >= 0.3 is 0 Å². The molecule has 2 aromatic rings. The summed E-state index contributed by atoms with van der Waals surface area (Å²) in [5.74, 6) is 0.135. The smallest absolute Gasteiger partial charge is 0.257 e. The topological polar surface area (TPSA) is 38.1 Å². The van der Waals surface area contributed by atoms with Gasteiger partial charge in [-0.05, 0) is 38.2 Å². The number of carbonyl (C=O) groups excluding carboxylic acids is 1. The number of benzene rings is 1. The summed E-state index contributed by atoms with van der Waals surface area (Å²) in [5.41, 5.74) is 2.06. The highest BCUT2D eigenvalue weighted by Crippen LogP contribution is 2.24. The van der Waals surface area contributed by atoms with Gasteiger partial charge in [0.2, 0.25) is 0 Å². The Labute approximate surface area is 131 Å². The van der Waals surface area contributed by atoms with Crippen molar-refractivity contribution in [3.05, 3.63) is 53.9 Å². The normalized spacial score (nSPS) is 17.9. The molecule has 0 spiro atoms. The molecule has 1 fully saturated rings. The van der Waals surface area contributed by atoms with E-state index in [1.165, 1.54) is 5.56 Å². The Morgan fingerprint density at radius 2 is 2.14 bits per heavy atom. The van der Waals surface area contributed by atoms with E-state index in [9.17, 15) is 4.79 Å². The lowest BCUT2D eigenvalue weighted by Crippen LogP contribution is -2.35. The van der Waals surface area contributed by atoms with Crippen LogP contribution < -0.4 is 0 Å². The molecule has 116 valence electrons. The third-order valence-corrected chi connectivity index (χ3v) is 4.45. The molecule has 0 radical (unpaired) electrons. The van der Waals surface area contributed by atoms with Crippen LogP contribution in [0.2, 0.25) is 0 Å². The molecule has 1 unspecified atom stereocenters. The van der Waals surface area contributed by atoms with Crippen molar-refractivity contribution in [2.45, 2.75) is 45.2 Å². The van der Waals surface area contributed by atoms with Gasteiger partial charge in [0.25, 0.3) is 5.91 Å². The first kappa shape index (κ1) is 14.8. The Morgan fingerprint density at radius 3 is 2.86 bits per heavy atom. The number of carbonyl (C=O) groups is 1. The van der Waals surface area contributed by atoms with Crippen LogP contribution in [0.25, 0.3) is 0 Å². The number of hydrogen-bond acceptors (Lipinski definition) is 2. The number of aromatic nitrogens is 2. The van der Waals surface area contributed by atoms with Gasteiger partial charge in [-0.15, -0.1) is 0 Å². The van der Waals surface area contributed by atoms with Crippen LogP contribution in [0.5, 0.6) is 0 Å². The summed E-state index contributed by atoms with van der Waals surface area (Å²) < 4.78 is 1.81. The van der Waals surface area contributed by atoms with Gasteiger partial charge in [-0.2, -0.15) is 5.10 Å². The third-order valence-electron chi connectivity index (χ3n) is 4.45. The van der Waals surface area contributed by atoms with E-state index in [2.05, 4.69) is 29.4 Å². The van der Waals surface area contributed by atoms with Crippen molar-refractivity contribution in [2.24, 2.45) is 0 Å². The maximum absolute atomic E-state index is 12.7. The minimum absolute atomic E-state index is 0.135. The second-order valence-corrected chi connectivity index (χ2v) is 5.90. The molecule has 0 aliphatic carbocycles. The van der Waals surface area contributed by atoms with Crippen LogP contribution >= 0.6 is 0 Å². The van der Waals surface area contributed by atoms with E-state index in [0.717, 1.165) is 38.8 Å². The van der Waals surface area contributed by atoms with Gasteiger partial charge in [0.15, 0.2) is 0 Å². The van der Waals surface area contributed by atoms with E-state index in [0.29, 0.717) is 11.6 Å². The molecular weight excluding hydrogens is 274 g/mol. The number of hydrogen-bond donors (Lipinski definition) is 0. The average molecular weight is 297 g/mol. The molecule has 4 heteroatoms. The van der Waals surface area contributed by atoms with Crippen LogP contribution in [-0.4, -0.2) is 33.2 Å². The Bertz CT molecular complexity index is 620. The summed E-state index contributed by atoms with van der Waals surface area (Å²) in [4.78, 5) is 14.7. The van der Waals surface area contributed by atoms with E-state index >= 15 is 0 Å². The molecule has 22 heavy (non-hydrogen) atoms. The number of rotatable bonds is 5. The Kier molecular flexibility index (Phi) is 4.56. The largest absolute Gasteiger partial charge is 0.336 e. The van der Waals surface area contributed by atoms with Gasteiger partial charge in [-0.25, -0.2) is 0 Å². The van der Waals surface area contributed by atoms with Crippen molar-refractivity contribution >= 4 is 5.91 Å². The highest BCUT2D eigenvalue weighted by Gasteiger charge is 2.29. The zero-order valence-electron chi connectivity index (χ0n) is 13.1. The number of amides is 1. The quantitative estimate of drug-likeness (QED) is 0.850. The highest BCUT2D eigenvalue weighted by molar-refractivity contribution is 5.94.